The third-order valence-electron chi connectivity index (χ3n) is 2.74. The van der Waals surface area contributed by atoms with Gasteiger partial charge in [-0.2, -0.15) is 0 Å². The summed E-state index contributed by atoms with van der Waals surface area (Å²) in [5.74, 6) is -0.446. The number of amides is 4. The predicted octanol–water partition coefficient (Wildman–Crippen LogP) is -0.663. The molecule has 15 heavy (non-hydrogen) atoms. The van der Waals surface area contributed by atoms with E-state index in [9.17, 15) is 14.4 Å². The van der Waals surface area contributed by atoms with E-state index in [-0.39, 0.29) is 0 Å². The van der Waals surface area contributed by atoms with Gasteiger partial charge in [0.25, 0.3) is 5.91 Å². The molecule has 0 spiro atoms. The summed E-state index contributed by atoms with van der Waals surface area (Å²) in [7, 11) is 0. The Hall–Kier alpha value is -1.79. The van der Waals surface area contributed by atoms with Gasteiger partial charge in [0.1, 0.15) is 6.04 Å². The van der Waals surface area contributed by atoms with Gasteiger partial charge in [0.2, 0.25) is 0 Å². The summed E-state index contributed by atoms with van der Waals surface area (Å²) in [6.07, 6.45) is 0.271. The lowest BCUT2D eigenvalue weighted by molar-refractivity contribution is -0.121. The fourth-order valence-corrected chi connectivity index (χ4v) is 2.08. The Morgan fingerprint density at radius 1 is 1.47 bits per heavy atom. The molecular formula is C8H11N3O4. The molecule has 0 bridgehead atoms. The van der Waals surface area contributed by atoms with Crippen LogP contribution in [0.1, 0.15) is 12.8 Å². The van der Waals surface area contributed by atoms with Gasteiger partial charge in [-0.25, -0.2) is 9.59 Å². The van der Waals surface area contributed by atoms with Crippen molar-refractivity contribution in [3.8, 4) is 0 Å². The van der Waals surface area contributed by atoms with E-state index >= 15 is 0 Å². The maximum atomic E-state index is 11.3. The lowest BCUT2D eigenvalue weighted by atomic mass is 10.1. The van der Waals surface area contributed by atoms with E-state index in [2.05, 4.69) is 10.6 Å². The molecule has 7 heteroatoms. The number of carbonyl (C=O) groups excluding carboxylic acids is 2. The number of carboxylic acid groups (broad SMARTS) is 1. The van der Waals surface area contributed by atoms with Crippen LogP contribution >= 0.6 is 0 Å². The monoisotopic (exact) mass is 213 g/mol. The van der Waals surface area contributed by atoms with E-state index < -0.39 is 30.1 Å². The number of likely N-dealkylation sites (tertiary alicyclic amines) is 1. The lowest BCUT2D eigenvalue weighted by Crippen LogP contribution is -2.49. The van der Waals surface area contributed by atoms with Crippen LogP contribution in [0, 0.1) is 0 Å². The zero-order chi connectivity index (χ0) is 11.0. The summed E-state index contributed by atoms with van der Waals surface area (Å²) in [4.78, 5) is 34.3. The average molecular weight is 213 g/mol. The van der Waals surface area contributed by atoms with Crippen molar-refractivity contribution in [2.75, 3.05) is 6.54 Å². The Kier molecular flexibility index (Phi) is 2.22. The molecule has 2 aliphatic heterocycles. The van der Waals surface area contributed by atoms with Crippen molar-refractivity contribution >= 4 is 18.0 Å². The molecule has 2 saturated heterocycles. The topological polar surface area (TPSA) is 98.7 Å². The second kappa shape index (κ2) is 3.41. The Bertz CT molecular complexity index is 330. The summed E-state index contributed by atoms with van der Waals surface area (Å²) in [5.41, 5.74) is 0. The first-order chi connectivity index (χ1) is 7.09. The second-order valence-electron chi connectivity index (χ2n) is 3.63. The number of hydrogen-bond donors (Lipinski definition) is 3. The first-order valence-electron chi connectivity index (χ1n) is 4.70. The molecule has 2 heterocycles. The van der Waals surface area contributed by atoms with Gasteiger partial charge >= 0.3 is 12.1 Å². The number of urea groups is 1. The molecule has 0 aliphatic carbocycles. The van der Waals surface area contributed by atoms with Crippen LogP contribution in [-0.2, 0) is 4.79 Å². The quantitative estimate of drug-likeness (QED) is 0.503. The van der Waals surface area contributed by atoms with Crippen LogP contribution < -0.4 is 10.6 Å². The number of rotatable bonds is 1. The third kappa shape index (κ3) is 1.60. The first-order valence-corrected chi connectivity index (χ1v) is 4.70. The molecule has 2 atom stereocenters. The van der Waals surface area contributed by atoms with Gasteiger partial charge in [-0.3, -0.25) is 10.1 Å². The number of nitrogens with zero attached hydrogens (tertiary/aromatic N) is 1. The van der Waals surface area contributed by atoms with Gasteiger partial charge in [-0.05, 0) is 12.8 Å². The van der Waals surface area contributed by atoms with Crippen LogP contribution in [0.2, 0.25) is 0 Å². The molecule has 0 unspecified atom stereocenters. The fraction of sp³-hybridized carbons (Fsp3) is 0.625. The zero-order valence-corrected chi connectivity index (χ0v) is 7.90. The predicted molar refractivity (Wildman–Crippen MR) is 48.2 cm³/mol. The summed E-state index contributed by atoms with van der Waals surface area (Å²) in [6.45, 7) is 0.416. The lowest BCUT2D eigenvalue weighted by Gasteiger charge is -2.24. The van der Waals surface area contributed by atoms with E-state index in [1.54, 1.807) is 0 Å². The van der Waals surface area contributed by atoms with E-state index in [0.29, 0.717) is 13.0 Å². The third-order valence-corrected chi connectivity index (χ3v) is 2.74. The van der Waals surface area contributed by atoms with E-state index in [4.69, 9.17) is 5.11 Å². The zero-order valence-electron chi connectivity index (χ0n) is 7.90. The second-order valence-corrected chi connectivity index (χ2v) is 3.63. The van der Waals surface area contributed by atoms with Gasteiger partial charge in [0.05, 0.1) is 6.04 Å². The molecule has 2 aliphatic rings. The van der Waals surface area contributed by atoms with Crippen molar-refractivity contribution in [3.05, 3.63) is 0 Å². The highest BCUT2D eigenvalue weighted by Crippen LogP contribution is 2.21. The molecule has 0 saturated carbocycles. The number of hydrogen-bond acceptors (Lipinski definition) is 3. The minimum atomic E-state index is -1.05. The van der Waals surface area contributed by atoms with Crippen LogP contribution in [0.3, 0.4) is 0 Å². The highest BCUT2D eigenvalue weighted by atomic mass is 16.4. The highest BCUT2D eigenvalue weighted by Gasteiger charge is 2.42. The van der Waals surface area contributed by atoms with Crippen LogP contribution in [0.5, 0.6) is 0 Å². The average Bonchev–Trinajstić information content (AvgIpc) is 2.71. The molecule has 0 aromatic rings. The molecule has 0 aromatic heterocycles. The minimum absolute atomic E-state index is 0.416. The summed E-state index contributed by atoms with van der Waals surface area (Å²) >= 11 is 0. The van der Waals surface area contributed by atoms with E-state index in [1.165, 1.54) is 4.90 Å². The van der Waals surface area contributed by atoms with E-state index in [1.807, 2.05) is 0 Å². The smallest absolute Gasteiger partial charge is 0.407 e. The maximum Gasteiger partial charge on any atom is 0.407 e. The molecule has 7 nitrogen and oxygen atoms in total. The number of imide groups is 1. The van der Waals surface area contributed by atoms with Gasteiger partial charge in [-0.15, -0.1) is 0 Å². The van der Waals surface area contributed by atoms with Crippen molar-refractivity contribution in [2.24, 2.45) is 0 Å². The Morgan fingerprint density at radius 2 is 2.20 bits per heavy atom. The molecular weight excluding hydrogens is 202 g/mol. The fourth-order valence-electron chi connectivity index (χ4n) is 2.08. The molecule has 0 aromatic carbocycles. The van der Waals surface area contributed by atoms with Crippen LogP contribution in [0.4, 0.5) is 9.59 Å². The SMILES string of the molecule is O=C1NC(=O)[C@@H]([C@H]2CCCN2C(=O)O)N1. The summed E-state index contributed by atoms with van der Waals surface area (Å²) < 4.78 is 0. The Labute approximate surface area is 85.4 Å². The Balaban J connectivity index is 2.13. The summed E-state index contributed by atoms with van der Waals surface area (Å²) in [5, 5.41) is 13.4. The van der Waals surface area contributed by atoms with Gasteiger partial charge in [0.15, 0.2) is 0 Å². The first kappa shape index (κ1) is 9.75. The van der Waals surface area contributed by atoms with Crippen molar-refractivity contribution < 1.29 is 19.5 Å². The molecule has 3 N–H and O–H groups in total. The van der Waals surface area contributed by atoms with Crippen molar-refractivity contribution in [1.82, 2.24) is 15.5 Å². The van der Waals surface area contributed by atoms with Gasteiger partial charge in [0, 0.05) is 6.54 Å². The van der Waals surface area contributed by atoms with Crippen molar-refractivity contribution in [2.45, 2.75) is 24.9 Å². The van der Waals surface area contributed by atoms with Gasteiger partial charge < -0.3 is 15.3 Å². The molecule has 4 amide bonds. The largest absolute Gasteiger partial charge is 0.465 e. The highest BCUT2D eigenvalue weighted by molar-refractivity contribution is 6.04. The Morgan fingerprint density at radius 3 is 2.73 bits per heavy atom. The van der Waals surface area contributed by atoms with Crippen molar-refractivity contribution in [3.63, 3.8) is 0 Å². The van der Waals surface area contributed by atoms with Crippen LogP contribution in [0.15, 0.2) is 0 Å². The minimum Gasteiger partial charge on any atom is -0.465 e. The van der Waals surface area contributed by atoms with Crippen LogP contribution in [0.25, 0.3) is 0 Å². The van der Waals surface area contributed by atoms with Crippen LogP contribution in [-0.4, -0.2) is 46.7 Å². The molecule has 0 radical (unpaired) electrons. The number of nitrogens with one attached hydrogen (secondary N) is 2. The van der Waals surface area contributed by atoms with Crippen molar-refractivity contribution in [1.29, 1.82) is 0 Å². The molecule has 82 valence electrons. The maximum absolute atomic E-state index is 11.3. The summed E-state index contributed by atoms with van der Waals surface area (Å²) in [6, 6.07) is -1.73. The van der Waals surface area contributed by atoms with E-state index in [0.717, 1.165) is 6.42 Å². The molecule has 2 rings (SSSR count). The number of carbonyl (C=O) groups is 3. The normalized spacial score (nSPS) is 30.3. The standard InChI is InChI=1S/C8H11N3O4/c12-6-5(9-7(13)10-6)4-2-1-3-11(4)8(14)15/h4-5H,1-3H2,(H,14,15)(H2,9,10,12,13)/t4-,5-/m1/s1. The molecule has 2 fully saturated rings. The van der Waals surface area contributed by atoms with Gasteiger partial charge in [-0.1, -0.05) is 0 Å².